The van der Waals surface area contributed by atoms with Gasteiger partial charge < -0.3 is 16.2 Å². The smallest absolute Gasteiger partial charge is 0.338 e. The van der Waals surface area contributed by atoms with Gasteiger partial charge in [-0.15, -0.1) is 0 Å². The second-order valence-corrected chi connectivity index (χ2v) is 4.69. The monoisotopic (exact) mass is 286 g/mol. The topological polar surface area (TPSA) is 92.4 Å². The van der Waals surface area contributed by atoms with E-state index in [1.807, 2.05) is 0 Å². The molecule has 1 aromatic rings. The molecule has 20 heavy (non-hydrogen) atoms. The summed E-state index contributed by atoms with van der Waals surface area (Å²) in [5, 5.41) is 11.0. The summed E-state index contributed by atoms with van der Waals surface area (Å²) in [7, 11) is 0. The molecule has 1 unspecified atom stereocenters. The quantitative estimate of drug-likeness (QED) is 0.771. The van der Waals surface area contributed by atoms with Crippen LogP contribution in [0.25, 0.3) is 0 Å². The van der Waals surface area contributed by atoms with Crippen LogP contribution >= 0.6 is 0 Å². The van der Waals surface area contributed by atoms with Crippen molar-refractivity contribution in [3.05, 3.63) is 29.3 Å². The number of benzene rings is 1. The summed E-state index contributed by atoms with van der Waals surface area (Å²) in [5.41, 5.74) is 3.49. The zero-order valence-electron chi connectivity index (χ0n) is 11.2. The van der Waals surface area contributed by atoms with Crippen molar-refractivity contribution in [3.63, 3.8) is 0 Å². The SMILES string of the molecule is CCC(C)(CN)C(=O)Nc1cc(C(=O)O)c(F)cc1F. The van der Waals surface area contributed by atoms with E-state index in [0.717, 1.165) is 6.07 Å². The van der Waals surface area contributed by atoms with Gasteiger partial charge in [0.1, 0.15) is 11.6 Å². The summed E-state index contributed by atoms with van der Waals surface area (Å²) in [6.45, 7) is 3.39. The van der Waals surface area contributed by atoms with Crippen LogP contribution in [0.5, 0.6) is 0 Å². The van der Waals surface area contributed by atoms with Crippen LogP contribution in [0.2, 0.25) is 0 Å². The van der Waals surface area contributed by atoms with Gasteiger partial charge in [0, 0.05) is 12.6 Å². The Bertz CT molecular complexity index is 543. The van der Waals surface area contributed by atoms with Gasteiger partial charge in [-0.1, -0.05) is 6.92 Å². The number of nitrogens with two attached hydrogens (primary N) is 1. The van der Waals surface area contributed by atoms with Gasteiger partial charge in [0.25, 0.3) is 0 Å². The maximum absolute atomic E-state index is 13.6. The number of carboxylic acid groups (broad SMARTS) is 1. The average molecular weight is 286 g/mol. The van der Waals surface area contributed by atoms with Crippen molar-refractivity contribution >= 4 is 17.6 Å². The summed E-state index contributed by atoms with van der Waals surface area (Å²) in [6.07, 6.45) is 0.421. The van der Waals surface area contributed by atoms with E-state index >= 15 is 0 Å². The first-order valence-electron chi connectivity index (χ1n) is 5.99. The third kappa shape index (κ3) is 3.11. The molecule has 0 bridgehead atoms. The number of rotatable bonds is 5. The molecule has 0 aliphatic heterocycles. The first-order valence-corrected chi connectivity index (χ1v) is 5.99. The Hall–Kier alpha value is -2.02. The fraction of sp³-hybridized carbons (Fsp3) is 0.385. The van der Waals surface area contributed by atoms with Crippen molar-refractivity contribution in [1.29, 1.82) is 0 Å². The van der Waals surface area contributed by atoms with E-state index in [-0.39, 0.29) is 12.2 Å². The number of carbonyl (C=O) groups excluding carboxylic acids is 1. The van der Waals surface area contributed by atoms with E-state index in [4.69, 9.17) is 10.8 Å². The minimum atomic E-state index is -1.55. The van der Waals surface area contributed by atoms with Crippen LogP contribution < -0.4 is 11.1 Å². The Kier molecular flexibility index (Phi) is 4.78. The van der Waals surface area contributed by atoms with Crippen molar-refractivity contribution in [3.8, 4) is 0 Å². The minimum Gasteiger partial charge on any atom is -0.478 e. The lowest BCUT2D eigenvalue weighted by atomic mass is 9.86. The van der Waals surface area contributed by atoms with Gasteiger partial charge in [-0.3, -0.25) is 4.79 Å². The molecular formula is C13H16F2N2O3. The van der Waals surface area contributed by atoms with Crippen molar-refractivity contribution in [1.82, 2.24) is 0 Å². The van der Waals surface area contributed by atoms with Crippen LogP contribution in [0.3, 0.4) is 0 Å². The number of amides is 1. The number of carbonyl (C=O) groups is 2. The molecular weight excluding hydrogens is 270 g/mol. The highest BCUT2D eigenvalue weighted by molar-refractivity contribution is 5.97. The van der Waals surface area contributed by atoms with Gasteiger partial charge in [0.05, 0.1) is 16.7 Å². The van der Waals surface area contributed by atoms with E-state index in [1.54, 1.807) is 13.8 Å². The summed E-state index contributed by atoms with van der Waals surface area (Å²) in [6, 6.07) is 1.17. The van der Waals surface area contributed by atoms with E-state index in [9.17, 15) is 18.4 Å². The molecule has 0 saturated carbocycles. The van der Waals surface area contributed by atoms with Gasteiger partial charge >= 0.3 is 5.97 Å². The number of halogens is 2. The fourth-order valence-electron chi connectivity index (χ4n) is 1.48. The van der Waals surface area contributed by atoms with Gasteiger partial charge in [0.15, 0.2) is 0 Å². The molecule has 0 aliphatic rings. The molecule has 0 aromatic heterocycles. The van der Waals surface area contributed by atoms with Crippen LogP contribution in [0, 0.1) is 17.0 Å². The Labute approximate surface area is 114 Å². The maximum Gasteiger partial charge on any atom is 0.338 e. The van der Waals surface area contributed by atoms with E-state index in [2.05, 4.69) is 5.32 Å². The maximum atomic E-state index is 13.6. The van der Waals surface area contributed by atoms with E-state index < -0.39 is 34.5 Å². The highest BCUT2D eigenvalue weighted by atomic mass is 19.1. The standard InChI is InChI=1S/C13H16F2N2O3/c1-3-13(2,6-16)12(20)17-10-4-7(11(18)19)8(14)5-9(10)15/h4-5H,3,6,16H2,1-2H3,(H,17,20)(H,18,19). The Morgan fingerprint density at radius 2 is 1.95 bits per heavy atom. The number of aromatic carboxylic acids is 1. The van der Waals surface area contributed by atoms with Crippen molar-refractivity contribution in [2.45, 2.75) is 20.3 Å². The molecule has 1 aromatic carbocycles. The molecule has 7 heteroatoms. The molecule has 1 atom stereocenters. The fourth-order valence-corrected chi connectivity index (χ4v) is 1.48. The summed E-state index contributed by atoms with van der Waals surface area (Å²) in [5.74, 6) is -4.35. The minimum absolute atomic E-state index is 0.0456. The normalized spacial score (nSPS) is 13.7. The summed E-state index contributed by atoms with van der Waals surface area (Å²) >= 11 is 0. The number of carboxylic acids is 1. The molecule has 0 fully saturated rings. The molecule has 1 amide bonds. The molecule has 4 N–H and O–H groups in total. The number of hydrogen-bond donors (Lipinski definition) is 3. The number of anilines is 1. The predicted molar refractivity (Wildman–Crippen MR) is 69.4 cm³/mol. The largest absolute Gasteiger partial charge is 0.478 e. The Morgan fingerprint density at radius 3 is 2.40 bits per heavy atom. The molecule has 5 nitrogen and oxygen atoms in total. The predicted octanol–water partition coefficient (Wildman–Crippen LogP) is 1.98. The second-order valence-electron chi connectivity index (χ2n) is 4.69. The highest BCUT2D eigenvalue weighted by Crippen LogP contribution is 2.25. The lowest BCUT2D eigenvalue weighted by Gasteiger charge is -2.25. The molecule has 0 heterocycles. The van der Waals surface area contributed by atoms with Crippen LogP contribution in [-0.2, 0) is 4.79 Å². The molecule has 0 aliphatic carbocycles. The van der Waals surface area contributed by atoms with Crippen molar-refractivity contribution in [2.75, 3.05) is 11.9 Å². The first-order chi connectivity index (χ1) is 9.25. The van der Waals surface area contributed by atoms with Gasteiger partial charge in [-0.2, -0.15) is 0 Å². The lowest BCUT2D eigenvalue weighted by molar-refractivity contribution is -0.124. The molecule has 110 valence electrons. The van der Waals surface area contributed by atoms with Gasteiger partial charge in [0.2, 0.25) is 5.91 Å². The van der Waals surface area contributed by atoms with E-state index in [1.165, 1.54) is 0 Å². The van der Waals surface area contributed by atoms with Crippen LogP contribution in [0.1, 0.15) is 30.6 Å². The lowest BCUT2D eigenvalue weighted by Crippen LogP contribution is -2.39. The molecule has 0 radical (unpaired) electrons. The molecule has 1 rings (SSSR count). The highest BCUT2D eigenvalue weighted by Gasteiger charge is 2.30. The second kappa shape index (κ2) is 5.96. The zero-order valence-corrected chi connectivity index (χ0v) is 11.2. The Morgan fingerprint density at radius 1 is 1.35 bits per heavy atom. The zero-order chi connectivity index (χ0) is 15.5. The number of hydrogen-bond acceptors (Lipinski definition) is 3. The Balaban J connectivity index is 3.13. The number of nitrogens with one attached hydrogen (secondary N) is 1. The third-order valence-electron chi connectivity index (χ3n) is 3.31. The third-order valence-corrected chi connectivity index (χ3v) is 3.31. The van der Waals surface area contributed by atoms with E-state index in [0.29, 0.717) is 12.5 Å². The van der Waals surface area contributed by atoms with Crippen LogP contribution in [-0.4, -0.2) is 23.5 Å². The molecule has 0 saturated heterocycles. The van der Waals surface area contributed by atoms with Crippen molar-refractivity contribution < 1.29 is 23.5 Å². The van der Waals surface area contributed by atoms with Crippen LogP contribution in [0.4, 0.5) is 14.5 Å². The van der Waals surface area contributed by atoms with Crippen LogP contribution in [0.15, 0.2) is 12.1 Å². The summed E-state index contributed by atoms with van der Waals surface area (Å²) in [4.78, 5) is 22.8. The van der Waals surface area contributed by atoms with Gasteiger partial charge in [-0.05, 0) is 19.4 Å². The van der Waals surface area contributed by atoms with Gasteiger partial charge in [-0.25, -0.2) is 13.6 Å². The van der Waals surface area contributed by atoms with Crippen molar-refractivity contribution in [2.24, 2.45) is 11.1 Å². The molecule has 0 spiro atoms. The first kappa shape index (κ1) is 16.0. The summed E-state index contributed by atoms with van der Waals surface area (Å²) < 4.78 is 26.8. The average Bonchev–Trinajstić information content (AvgIpc) is 2.40.